The van der Waals surface area contributed by atoms with Crippen molar-refractivity contribution in [2.24, 2.45) is 4.99 Å². The molecule has 0 aromatic heterocycles. The Hall–Kier alpha value is -1.63. The van der Waals surface area contributed by atoms with Crippen LogP contribution >= 0.6 is 35.1 Å². The smallest absolute Gasteiger partial charge is 0.268 e. The summed E-state index contributed by atoms with van der Waals surface area (Å²) >= 11 is 9.20. The minimum Gasteiger partial charge on any atom is -0.496 e. The molecule has 0 bridgehead atoms. The number of hydrogen-bond donors (Lipinski definition) is 0. The molecule has 1 aliphatic rings. The van der Waals surface area contributed by atoms with Crippen LogP contribution in [0, 0.1) is 0 Å². The number of benzene rings is 2. The number of carbonyl (C=O) groups is 1. The quantitative estimate of drug-likeness (QED) is 0.653. The normalized spacial score (nSPS) is 16.3. The van der Waals surface area contributed by atoms with Crippen LogP contribution in [0.15, 0.2) is 52.4 Å². The molecule has 0 N–H and O–H groups in total. The van der Waals surface area contributed by atoms with Crippen LogP contribution in [0.3, 0.4) is 0 Å². The zero-order valence-corrected chi connectivity index (χ0v) is 17.1. The number of amidine groups is 1. The average Bonchev–Trinajstić information content (AvgIpc) is 3.08. The van der Waals surface area contributed by atoms with Crippen LogP contribution in [0.1, 0.15) is 17.3 Å². The Morgan fingerprint density at radius 1 is 1.31 bits per heavy atom. The maximum absolute atomic E-state index is 13.4. The number of thioether (sulfide) groups is 2. The summed E-state index contributed by atoms with van der Waals surface area (Å²) in [6, 6.07) is 13.0. The number of aliphatic imine (C=N–C) groups is 1. The zero-order valence-electron chi connectivity index (χ0n) is 14.7. The van der Waals surface area contributed by atoms with E-state index in [-0.39, 0.29) is 11.9 Å². The molecule has 0 aliphatic carbocycles. The lowest BCUT2D eigenvalue weighted by Crippen LogP contribution is -2.35. The number of carbonyl (C=O) groups excluding carboxylic acids is 1. The first-order valence-corrected chi connectivity index (χ1v) is 10.6. The molecule has 0 saturated heterocycles. The molecule has 7 heteroatoms. The van der Waals surface area contributed by atoms with Gasteiger partial charge in [0.15, 0.2) is 5.17 Å². The lowest BCUT2D eigenvalue weighted by molar-refractivity contribution is 0.1000. The second-order valence-corrected chi connectivity index (χ2v) is 8.06. The molecular formula is C19H19ClN2O2S2. The van der Waals surface area contributed by atoms with Gasteiger partial charge in [-0.1, -0.05) is 23.4 Å². The third-order valence-electron chi connectivity index (χ3n) is 3.90. The molecule has 4 nitrogen and oxygen atoms in total. The number of anilines is 1. The van der Waals surface area contributed by atoms with E-state index in [1.165, 1.54) is 0 Å². The van der Waals surface area contributed by atoms with E-state index in [9.17, 15) is 4.79 Å². The maximum atomic E-state index is 13.4. The summed E-state index contributed by atoms with van der Waals surface area (Å²) in [6.07, 6.45) is 1.99. The molecule has 1 unspecified atom stereocenters. The van der Waals surface area contributed by atoms with Crippen molar-refractivity contribution in [1.29, 1.82) is 0 Å². The summed E-state index contributed by atoms with van der Waals surface area (Å²) < 4.78 is 5.47. The van der Waals surface area contributed by atoms with Crippen molar-refractivity contribution >= 4 is 51.9 Å². The van der Waals surface area contributed by atoms with Gasteiger partial charge in [0.1, 0.15) is 5.75 Å². The van der Waals surface area contributed by atoms with Crippen LogP contribution in [-0.2, 0) is 0 Å². The van der Waals surface area contributed by atoms with Gasteiger partial charge < -0.3 is 4.74 Å². The van der Waals surface area contributed by atoms with Gasteiger partial charge in [-0.2, -0.15) is 0 Å². The van der Waals surface area contributed by atoms with Crippen molar-refractivity contribution < 1.29 is 9.53 Å². The van der Waals surface area contributed by atoms with Crippen LogP contribution in [-0.4, -0.2) is 36.2 Å². The minimum absolute atomic E-state index is 0.169. The molecule has 2 aromatic rings. The van der Waals surface area contributed by atoms with Gasteiger partial charge in [-0.15, -0.1) is 11.8 Å². The predicted molar refractivity (Wildman–Crippen MR) is 112 cm³/mol. The SMILES string of the molecule is COc1cc(SC)ccc1C(=O)N(C1=NC(C)CS1)c1ccc(Cl)cc1. The highest BCUT2D eigenvalue weighted by atomic mass is 35.5. The third kappa shape index (κ3) is 4.03. The summed E-state index contributed by atoms with van der Waals surface area (Å²) in [4.78, 5) is 20.7. The van der Waals surface area contributed by atoms with Crippen LogP contribution in [0.4, 0.5) is 5.69 Å². The van der Waals surface area contributed by atoms with Gasteiger partial charge in [-0.25, -0.2) is 0 Å². The third-order valence-corrected chi connectivity index (χ3v) is 6.08. The summed E-state index contributed by atoms with van der Waals surface area (Å²) in [5.41, 5.74) is 1.24. The van der Waals surface area contributed by atoms with E-state index in [0.717, 1.165) is 16.3 Å². The van der Waals surface area contributed by atoms with Crippen LogP contribution in [0.5, 0.6) is 5.75 Å². The molecule has 26 heavy (non-hydrogen) atoms. The Morgan fingerprint density at radius 2 is 2.04 bits per heavy atom. The van der Waals surface area contributed by atoms with Gasteiger partial charge in [0.2, 0.25) is 0 Å². The highest BCUT2D eigenvalue weighted by Gasteiger charge is 2.29. The van der Waals surface area contributed by atoms with Gasteiger partial charge in [0.25, 0.3) is 5.91 Å². The number of amides is 1. The Kier molecular flexibility index (Phi) is 6.16. The van der Waals surface area contributed by atoms with Crippen molar-refractivity contribution in [2.45, 2.75) is 17.9 Å². The highest BCUT2D eigenvalue weighted by Crippen LogP contribution is 2.32. The van der Waals surface area contributed by atoms with Crippen molar-refractivity contribution in [2.75, 3.05) is 24.0 Å². The van der Waals surface area contributed by atoms with Crippen molar-refractivity contribution in [1.82, 2.24) is 0 Å². The molecule has 136 valence electrons. The summed E-state index contributed by atoms with van der Waals surface area (Å²) in [5, 5.41) is 1.32. The van der Waals surface area contributed by atoms with E-state index in [1.807, 2.05) is 37.4 Å². The largest absolute Gasteiger partial charge is 0.496 e. The number of hydrogen-bond acceptors (Lipinski definition) is 5. The molecule has 2 aromatic carbocycles. The molecule has 0 spiro atoms. The van der Waals surface area contributed by atoms with Gasteiger partial charge >= 0.3 is 0 Å². The predicted octanol–water partition coefficient (Wildman–Crippen LogP) is 5.21. The number of halogens is 1. The number of ether oxygens (including phenoxy) is 1. The van der Waals surface area contributed by atoms with E-state index < -0.39 is 0 Å². The number of nitrogens with zero attached hydrogens (tertiary/aromatic N) is 2. The molecule has 1 heterocycles. The Balaban J connectivity index is 2.06. The van der Waals surface area contributed by atoms with E-state index in [0.29, 0.717) is 21.5 Å². The van der Waals surface area contributed by atoms with E-state index in [2.05, 4.69) is 4.99 Å². The number of methoxy groups -OCH3 is 1. The van der Waals surface area contributed by atoms with Crippen LogP contribution < -0.4 is 9.64 Å². The molecule has 0 saturated carbocycles. The lowest BCUT2D eigenvalue weighted by Gasteiger charge is -2.23. The molecule has 1 aliphatic heterocycles. The first kappa shape index (κ1) is 19.1. The summed E-state index contributed by atoms with van der Waals surface area (Å²) in [5.74, 6) is 1.24. The van der Waals surface area contributed by atoms with Crippen molar-refractivity contribution in [3.05, 3.63) is 53.1 Å². The second-order valence-electron chi connectivity index (χ2n) is 5.75. The standard InChI is InChI=1S/C19H19ClN2O2S2/c1-12-11-26-19(21-12)22(14-6-4-13(20)5-7-14)18(23)16-9-8-15(25-3)10-17(16)24-2/h4-10,12H,11H2,1-3H3. The van der Waals surface area contributed by atoms with Crippen molar-refractivity contribution in [3.63, 3.8) is 0 Å². The van der Waals surface area contributed by atoms with E-state index >= 15 is 0 Å². The molecule has 1 atom stereocenters. The van der Waals surface area contributed by atoms with Crippen LogP contribution in [0.25, 0.3) is 0 Å². The molecule has 0 fully saturated rings. The fraction of sp³-hybridized carbons (Fsp3) is 0.263. The zero-order chi connectivity index (χ0) is 18.7. The fourth-order valence-corrected chi connectivity index (χ4v) is 4.17. The summed E-state index contributed by atoms with van der Waals surface area (Å²) in [7, 11) is 1.58. The topological polar surface area (TPSA) is 41.9 Å². The minimum atomic E-state index is -0.169. The van der Waals surface area contributed by atoms with Gasteiger partial charge in [0.05, 0.1) is 24.4 Å². The molecular weight excluding hydrogens is 388 g/mol. The van der Waals surface area contributed by atoms with Crippen LogP contribution in [0.2, 0.25) is 5.02 Å². The van der Waals surface area contributed by atoms with Crippen molar-refractivity contribution in [3.8, 4) is 5.75 Å². The monoisotopic (exact) mass is 406 g/mol. The molecule has 1 amide bonds. The molecule has 0 radical (unpaired) electrons. The number of rotatable bonds is 4. The van der Waals surface area contributed by atoms with E-state index in [4.69, 9.17) is 16.3 Å². The Labute approximate surface area is 167 Å². The Bertz CT molecular complexity index is 840. The lowest BCUT2D eigenvalue weighted by atomic mass is 10.1. The fourth-order valence-electron chi connectivity index (χ4n) is 2.58. The van der Waals surface area contributed by atoms with E-state index in [1.54, 1.807) is 53.7 Å². The van der Waals surface area contributed by atoms with Gasteiger partial charge in [0, 0.05) is 15.7 Å². The average molecular weight is 407 g/mol. The summed E-state index contributed by atoms with van der Waals surface area (Å²) in [6.45, 7) is 2.04. The first-order chi connectivity index (χ1) is 12.5. The highest BCUT2D eigenvalue weighted by molar-refractivity contribution is 8.14. The second kappa shape index (κ2) is 8.37. The Morgan fingerprint density at radius 3 is 2.62 bits per heavy atom. The first-order valence-electron chi connectivity index (χ1n) is 8.06. The van der Waals surface area contributed by atoms with Gasteiger partial charge in [-0.05, 0) is 55.6 Å². The maximum Gasteiger partial charge on any atom is 0.268 e. The van der Waals surface area contributed by atoms with Gasteiger partial charge in [-0.3, -0.25) is 14.7 Å². The molecule has 3 rings (SSSR count).